The SMILES string of the molecule is C=CC1CCC23CCCC(C(OC(=O)COc4ccc5c(c4)B(O)OC5CNS(C)(=O)=O)C1)C2C(=O)CC3. The van der Waals surface area contributed by atoms with Crippen LogP contribution in [0.1, 0.15) is 63.0 Å². The fourth-order valence-electron chi connectivity index (χ4n) is 7.26. The summed E-state index contributed by atoms with van der Waals surface area (Å²) in [6.07, 6.45) is 9.30. The molecule has 1 aliphatic heterocycles. The lowest BCUT2D eigenvalue weighted by molar-refractivity contribution is -0.162. The monoisotopic (exact) mass is 545 g/mol. The highest BCUT2D eigenvalue weighted by molar-refractivity contribution is 7.88. The predicted molar refractivity (Wildman–Crippen MR) is 141 cm³/mol. The second kappa shape index (κ2) is 10.8. The largest absolute Gasteiger partial charge is 0.492 e. The number of sulfonamides is 1. The molecule has 4 aliphatic rings. The maximum atomic E-state index is 13.0. The number of allylic oxidation sites excluding steroid dienone is 1. The minimum atomic E-state index is -3.41. The van der Waals surface area contributed by atoms with Crippen molar-refractivity contribution in [3.63, 3.8) is 0 Å². The van der Waals surface area contributed by atoms with E-state index in [4.69, 9.17) is 14.1 Å². The van der Waals surface area contributed by atoms with E-state index in [-0.39, 0.29) is 42.4 Å². The molecular weight excluding hydrogens is 509 g/mol. The number of hydrogen-bond donors (Lipinski definition) is 2. The number of ketones is 1. The highest BCUT2D eigenvalue weighted by atomic mass is 32.2. The first-order valence-corrected chi connectivity index (χ1v) is 15.4. The third-order valence-corrected chi connectivity index (χ3v) is 9.70. The summed E-state index contributed by atoms with van der Waals surface area (Å²) >= 11 is 0. The van der Waals surface area contributed by atoms with Crippen LogP contribution in [0.15, 0.2) is 30.9 Å². The van der Waals surface area contributed by atoms with Gasteiger partial charge in [-0.15, -0.1) is 6.58 Å². The van der Waals surface area contributed by atoms with Crippen LogP contribution in [0.5, 0.6) is 5.75 Å². The molecule has 1 aromatic carbocycles. The van der Waals surface area contributed by atoms with Crippen molar-refractivity contribution in [1.82, 2.24) is 4.72 Å². The van der Waals surface area contributed by atoms with Crippen molar-refractivity contribution >= 4 is 34.4 Å². The fourth-order valence-corrected chi connectivity index (χ4v) is 7.71. The maximum absolute atomic E-state index is 13.0. The molecule has 0 aromatic heterocycles. The van der Waals surface area contributed by atoms with Gasteiger partial charge < -0.3 is 19.2 Å². The van der Waals surface area contributed by atoms with Crippen LogP contribution < -0.4 is 14.9 Å². The first-order chi connectivity index (χ1) is 18.1. The van der Waals surface area contributed by atoms with E-state index in [1.54, 1.807) is 18.2 Å². The second-order valence-corrected chi connectivity index (χ2v) is 13.2. The first kappa shape index (κ1) is 27.4. The number of carbonyl (C=O) groups excluding carboxylic acids is 2. The molecule has 2 N–H and O–H groups in total. The molecule has 3 fully saturated rings. The molecule has 5 rings (SSSR count). The lowest BCUT2D eigenvalue weighted by Gasteiger charge is -2.48. The van der Waals surface area contributed by atoms with E-state index in [1.807, 2.05) is 6.08 Å². The summed E-state index contributed by atoms with van der Waals surface area (Å²) in [4.78, 5) is 25.9. The quantitative estimate of drug-likeness (QED) is 0.289. The molecule has 1 aromatic rings. The Hall–Kier alpha value is -2.21. The molecule has 11 heteroatoms. The number of esters is 1. The number of rotatable bonds is 8. The molecule has 0 saturated heterocycles. The highest BCUT2D eigenvalue weighted by Gasteiger charge is 2.56. The van der Waals surface area contributed by atoms with Gasteiger partial charge in [0.05, 0.1) is 12.4 Å². The van der Waals surface area contributed by atoms with Crippen molar-refractivity contribution < 1.29 is 37.2 Å². The van der Waals surface area contributed by atoms with Gasteiger partial charge in [-0.1, -0.05) is 18.6 Å². The van der Waals surface area contributed by atoms with E-state index in [2.05, 4.69) is 11.3 Å². The molecule has 6 atom stereocenters. The van der Waals surface area contributed by atoms with Crippen LogP contribution in [0.4, 0.5) is 0 Å². The Morgan fingerprint density at radius 1 is 1.32 bits per heavy atom. The molecule has 3 aliphatic carbocycles. The molecule has 9 nitrogen and oxygen atoms in total. The van der Waals surface area contributed by atoms with Gasteiger partial charge in [0.1, 0.15) is 17.6 Å². The van der Waals surface area contributed by atoms with Crippen molar-refractivity contribution in [3.05, 3.63) is 36.4 Å². The zero-order valence-corrected chi connectivity index (χ0v) is 22.6. The second-order valence-electron chi connectivity index (χ2n) is 11.3. The molecule has 0 spiro atoms. The Bertz CT molecular complexity index is 1210. The van der Waals surface area contributed by atoms with Gasteiger partial charge >= 0.3 is 13.1 Å². The summed E-state index contributed by atoms with van der Waals surface area (Å²) in [5.74, 6) is 0.454. The van der Waals surface area contributed by atoms with E-state index < -0.39 is 29.2 Å². The van der Waals surface area contributed by atoms with Crippen LogP contribution in [0.25, 0.3) is 0 Å². The lowest BCUT2D eigenvalue weighted by Crippen LogP contribution is -2.47. The van der Waals surface area contributed by atoms with Crippen molar-refractivity contribution in [2.45, 2.75) is 63.6 Å². The van der Waals surface area contributed by atoms with Crippen molar-refractivity contribution in [3.8, 4) is 5.75 Å². The van der Waals surface area contributed by atoms with E-state index >= 15 is 0 Å². The van der Waals surface area contributed by atoms with Crippen LogP contribution in [0.2, 0.25) is 0 Å². The molecule has 6 unspecified atom stereocenters. The van der Waals surface area contributed by atoms with Gasteiger partial charge in [0, 0.05) is 24.8 Å². The van der Waals surface area contributed by atoms with E-state index in [0.717, 1.165) is 44.8 Å². The van der Waals surface area contributed by atoms with Gasteiger partial charge in [-0.25, -0.2) is 17.9 Å². The maximum Gasteiger partial charge on any atom is 0.492 e. The molecule has 2 bridgehead atoms. The standard InChI is InChI=1S/C27H36BNO8S/c1-3-17-8-11-27-10-4-5-20(26(27)22(30)9-12-27)23(13-17)36-25(31)16-35-18-6-7-19-21(14-18)28(32)37-24(19)15-29-38(2,33)34/h3,6-7,14,17,20,23-24,26,29,32H,1,4-5,8-13,15-16H2,2H3. The molecule has 3 saturated carbocycles. The molecular formula is C27H36BNO8S. The van der Waals surface area contributed by atoms with Gasteiger partial charge in [-0.05, 0) is 73.0 Å². The number of benzene rings is 1. The van der Waals surface area contributed by atoms with E-state index in [9.17, 15) is 23.0 Å². The molecule has 0 amide bonds. The van der Waals surface area contributed by atoms with E-state index in [0.29, 0.717) is 35.4 Å². The van der Waals surface area contributed by atoms with Crippen molar-refractivity contribution in [2.24, 2.45) is 23.2 Å². The Morgan fingerprint density at radius 2 is 2.13 bits per heavy atom. The Labute approximate surface area is 224 Å². The van der Waals surface area contributed by atoms with Crippen LogP contribution in [0, 0.1) is 23.2 Å². The zero-order valence-electron chi connectivity index (χ0n) is 21.8. The van der Waals surface area contributed by atoms with Gasteiger partial charge in [-0.3, -0.25) is 4.79 Å². The number of Topliss-reactive ketones (excluding diaryl/α,β-unsaturated/α-hetero) is 1. The normalized spacial score (nSPS) is 32.6. The summed E-state index contributed by atoms with van der Waals surface area (Å²) < 4.78 is 42.4. The number of carbonyl (C=O) groups is 2. The first-order valence-electron chi connectivity index (χ1n) is 13.5. The highest BCUT2D eigenvalue weighted by Crippen LogP contribution is 2.58. The fraction of sp³-hybridized carbons (Fsp3) is 0.630. The van der Waals surface area contributed by atoms with Gasteiger partial charge in [0.15, 0.2) is 6.61 Å². The smallest absolute Gasteiger partial charge is 0.482 e. The summed E-state index contributed by atoms with van der Waals surface area (Å²) in [6, 6.07) is 4.93. The van der Waals surface area contributed by atoms with Gasteiger partial charge in [-0.2, -0.15) is 0 Å². The third-order valence-electron chi connectivity index (χ3n) is 9.01. The summed E-state index contributed by atoms with van der Waals surface area (Å²) in [5, 5.41) is 10.3. The van der Waals surface area contributed by atoms with Gasteiger partial charge in [0.25, 0.3) is 0 Å². The van der Waals surface area contributed by atoms with Crippen LogP contribution in [0.3, 0.4) is 0 Å². The number of nitrogens with one attached hydrogen (secondary N) is 1. The van der Waals surface area contributed by atoms with E-state index in [1.165, 1.54) is 0 Å². The average molecular weight is 545 g/mol. The Balaban J connectivity index is 1.24. The summed E-state index contributed by atoms with van der Waals surface area (Å²) in [7, 11) is -4.63. The van der Waals surface area contributed by atoms with Crippen LogP contribution in [-0.4, -0.2) is 57.8 Å². The lowest BCUT2D eigenvalue weighted by atomic mass is 9.57. The number of fused-ring (bicyclic) bond motifs is 1. The average Bonchev–Trinajstić information content (AvgIpc) is 3.38. The minimum Gasteiger partial charge on any atom is -0.482 e. The minimum absolute atomic E-state index is 0.00549. The van der Waals surface area contributed by atoms with Crippen LogP contribution >= 0.6 is 0 Å². The molecule has 1 heterocycles. The molecule has 38 heavy (non-hydrogen) atoms. The predicted octanol–water partition coefficient (Wildman–Crippen LogP) is 2.04. The number of ether oxygens (including phenoxy) is 2. The van der Waals surface area contributed by atoms with Crippen molar-refractivity contribution in [2.75, 3.05) is 19.4 Å². The number of hydrogen-bond acceptors (Lipinski definition) is 8. The van der Waals surface area contributed by atoms with Crippen LogP contribution in [-0.2, 0) is 29.0 Å². The Morgan fingerprint density at radius 3 is 2.89 bits per heavy atom. The Kier molecular flexibility index (Phi) is 7.74. The topological polar surface area (TPSA) is 128 Å². The van der Waals surface area contributed by atoms with Crippen molar-refractivity contribution in [1.29, 1.82) is 0 Å². The molecule has 206 valence electrons. The third kappa shape index (κ3) is 5.57. The summed E-state index contributed by atoms with van der Waals surface area (Å²) in [5.41, 5.74) is 1.16. The summed E-state index contributed by atoms with van der Waals surface area (Å²) in [6.45, 7) is 3.69. The molecule has 0 radical (unpaired) electrons. The van der Waals surface area contributed by atoms with Gasteiger partial charge in [0.2, 0.25) is 10.0 Å². The zero-order chi connectivity index (χ0) is 27.1.